The second-order valence-electron chi connectivity index (χ2n) is 6.18. The number of hydrogen-bond donors (Lipinski definition) is 2. The fourth-order valence-corrected chi connectivity index (χ4v) is 3.78. The van der Waals surface area contributed by atoms with Crippen LogP contribution in [-0.4, -0.2) is 40.9 Å². The number of nitrogens with two attached hydrogens (primary N) is 1. The Labute approximate surface area is 127 Å². The van der Waals surface area contributed by atoms with Gasteiger partial charge in [-0.2, -0.15) is 0 Å². The number of carboxylic acids is 1. The highest BCUT2D eigenvalue weighted by Crippen LogP contribution is 2.49. The summed E-state index contributed by atoms with van der Waals surface area (Å²) in [5, 5.41) is 9.56. The first-order valence-electron chi connectivity index (χ1n) is 7.36. The summed E-state index contributed by atoms with van der Waals surface area (Å²) in [7, 11) is 0. The topological polar surface area (TPSA) is 101 Å². The summed E-state index contributed by atoms with van der Waals surface area (Å²) in [6.45, 7) is 0.707. The molecule has 6 heteroatoms. The third-order valence-corrected chi connectivity index (χ3v) is 4.98. The fraction of sp³-hybridized carbons (Fsp3) is 0.438. The van der Waals surface area contributed by atoms with Gasteiger partial charge in [0.1, 0.15) is 0 Å². The van der Waals surface area contributed by atoms with E-state index in [1.165, 1.54) is 6.07 Å². The van der Waals surface area contributed by atoms with Gasteiger partial charge in [-0.3, -0.25) is 14.4 Å². The first-order chi connectivity index (χ1) is 10.4. The third kappa shape index (κ3) is 2.15. The number of carbonyl (C=O) groups excluding carboxylic acids is 2. The zero-order valence-electron chi connectivity index (χ0n) is 12.1. The van der Waals surface area contributed by atoms with Gasteiger partial charge in [0.25, 0.3) is 5.91 Å². The predicted molar refractivity (Wildman–Crippen MR) is 78.3 cm³/mol. The Kier molecular flexibility index (Phi) is 3.39. The molecule has 116 valence electrons. The third-order valence-electron chi connectivity index (χ3n) is 4.98. The summed E-state index contributed by atoms with van der Waals surface area (Å²) in [6, 6.07) is 6.25. The molecule has 3 rings (SSSR count). The molecule has 2 fully saturated rings. The van der Waals surface area contributed by atoms with Crippen LogP contribution in [0.3, 0.4) is 0 Å². The van der Waals surface area contributed by atoms with Crippen molar-refractivity contribution in [3.8, 4) is 0 Å². The van der Waals surface area contributed by atoms with Crippen molar-refractivity contribution < 1.29 is 19.5 Å². The molecule has 0 bridgehead atoms. The Morgan fingerprint density at radius 1 is 1.27 bits per heavy atom. The first-order valence-corrected chi connectivity index (χ1v) is 7.36. The van der Waals surface area contributed by atoms with Crippen LogP contribution in [0.2, 0.25) is 0 Å². The maximum Gasteiger partial charge on any atom is 0.311 e. The lowest BCUT2D eigenvalue weighted by Crippen LogP contribution is -2.37. The molecule has 1 saturated carbocycles. The van der Waals surface area contributed by atoms with E-state index in [0.717, 1.165) is 12.8 Å². The number of aliphatic carboxylic acids is 1. The van der Waals surface area contributed by atoms with Crippen molar-refractivity contribution in [1.82, 2.24) is 4.90 Å². The Morgan fingerprint density at radius 3 is 2.64 bits per heavy atom. The highest BCUT2D eigenvalue weighted by molar-refractivity contribution is 5.99. The van der Waals surface area contributed by atoms with E-state index in [9.17, 15) is 19.5 Å². The molecule has 2 amide bonds. The Bertz CT molecular complexity index is 657. The van der Waals surface area contributed by atoms with E-state index in [-0.39, 0.29) is 23.9 Å². The summed E-state index contributed by atoms with van der Waals surface area (Å²) in [6.07, 6.45) is 2.37. The molecule has 1 aromatic carbocycles. The largest absolute Gasteiger partial charge is 0.481 e. The lowest BCUT2D eigenvalue weighted by atomic mass is 9.81. The minimum Gasteiger partial charge on any atom is -0.481 e. The summed E-state index contributed by atoms with van der Waals surface area (Å²) < 4.78 is 0. The van der Waals surface area contributed by atoms with Crippen molar-refractivity contribution in [3.63, 3.8) is 0 Å². The molecule has 22 heavy (non-hydrogen) atoms. The lowest BCUT2D eigenvalue weighted by Gasteiger charge is -2.23. The number of nitrogens with zero attached hydrogens (tertiary/aromatic N) is 1. The molecule has 2 atom stereocenters. The maximum absolute atomic E-state index is 12.6. The highest BCUT2D eigenvalue weighted by Gasteiger charge is 2.55. The molecule has 1 saturated heterocycles. The van der Waals surface area contributed by atoms with Crippen LogP contribution in [0.1, 0.15) is 40.0 Å². The summed E-state index contributed by atoms with van der Waals surface area (Å²) in [5.74, 6) is -1.61. The SMILES string of the molecule is NC(=O)c1cccc(C(=O)N2C[C@@H]3CCC[C@@]3(C(=O)O)C2)c1. The Morgan fingerprint density at radius 2 is 2.00 bits per heavy atom. The van der Waals surface area contributed by atoms with Crippen molar-refractivity contribution in [2.75, 3.05) is 13.1 Å². The van der Waals surface area contributed by atoms with E-state index in [0.29, 0.717) is 18.5 Å². The monoisotopic (exact) mass is 302 g/mol. The van der Waals surface area contributed by atoms with Gasteiger partial charge in [-0.1, -0.05) is 12.5 Å². The quantitative estimate of drug-likeness (QED) is 0.873. The zero-order chi connectivity index (χ0) is 15.9. The van der Waals surface area contributed by atoms with E-state index in [4.69, 9.17) is 5.73 Å². The number of primary amides is 1. The first kappa shape index (κ1) is 14.6. The number of carbonyl (C=O) groups is 3. The average molecular weight is 302 g/mol. The number of hydrogen-bond acceptors (Lipinski definition) is 3. The van der Waals surface area contributed by atoms with E-state index in [1.54, 1.807) is 23.1 Å². The highest BCUT2D eigenvalue weighted by atomic mass is 16.4. The Balaban J connectivity index is 1.84. The Hall–Kier alpha value is -2.37. The van der Waals surface area contributed by atoms with Gasteiger partial charge in [-0.25, -0.2) is 0 Å². The van der Waals surface area contributed by atoms with E-state index >= 15 is 0 Å². The molecular weight excluding hydrogens is 284 g/mol. The van der Waals surface area contributed by atoms with E-state index < -0.39 is 17.3 Å². The van der Waals surface area contributed by atoms with E-state index in [1.807, 2.05) is 0 Å². The van der Waals surface area contributed by atoms with Gasteiger partial charge in [0.2, 0.25) is 5.91 Å². The predicted octanol–water partition coefficient (Wildman–Crippen LogP) is 1.11. The molecule has 0 spiro atoms. The molecule has 0 unspecified atom stereocenters. The summed E-state index contributed by atoms with van der Waals surface area (Å²) in [4.78, 5) is 37.1. The van der Waals surface area contributed by atoms with Crippen molar-refractivity contribution >= 4 is 17.8 Å². The molecule has 1 aromatic rings. The fourth-order valence-electron chi connectivity index (χ4n) is 3.78. The second kappa shape index (κ2) is 5.12. The van der Waals surface area contributed by atoms with Crippen LogP contribution in [-0.2, 0) is 4.79 Å². The number of benzene rings is 1. The number of amides is 2. The standard InChI is InChI=1S/C16H18N2O4/c17-13(19)10-3-1-4-11(7-10)14(20)18-8-12-5-2-6-16(12,9-18)15(21)22/h1,3-4,7,12H,2,5-6,8-9H2,(H2,17,19)(H,21,22)/t12-,16+/m0/s1. The van der Waals surface area contributed by atoms with Crippen LogP contribution in [0.5, 0.6) is 0 Å². The van der Waals surface area contributed by atoms with Gasteiger partial charge in [-0.05, 0) is 37.0 Å². The number of carboxylic acid groups (broad SMARTS) is 1. The molecule has 6 nitrogen and oxygen atoms in total. The molecule has 1 aliphatic carbocycles. The number of fused-ring (bicyclic) bond motifs is 1. The second-order valence-corrected chi connectivity index (χ2v) is 6.18. The van der Waals surface area contributed by atoms with Crippen molar-refractivity contribution in [3.05, 3.63) is 35.4 Å². The molecule has 1 aliphatic heterocycles. The zero-order valence-corrected chi connectivity index (χ0v) is 12.1. The summed E-state index contributed by atoms with van der Waals surface area (Å²) in [5.41, 5.74) is 5.08. The number of likely N-dealkylation sites (tertiary alicyclic amines) is 1. The van der Waals surface area contributed by atoms with Crippen LogP contribution in [0.25, 0.3) is 0 Å². The van der Waals surface area contributed by atoms with Gasteiger partial charge in [0.15, 0.2) is 0 Å². The van der Waals surface area contributed by atoms with Crippen molar-refractivity contribution in [2.45, 2.75) is 19.3 Å². The van der Waals surface area contributed by atoms with Crippen LogP contribution in [0.15, 0.2) is 24.3 Å². The molecule has 1 heterocycles. The van der Waals surface area contributed by atoms with Gasteiger partial charge in [-0.15, -0.1) is 0 Å². The molecule has 3 N–H and O–H groups in total. The molecule has 0 radical (unpaired) electrons. The normalized spacial score (nSPS) is 26.7. The van der Waals surface area contributed by atoms with Crippen LogP contribution >= 0.6 is 0 Å². The smallest absolute Gasteiger partial charge is 0.311 e. The minimum atomic E-state index is -0.809. The van der Waals surface area contributed by atoms with Crippen molar-refractivity contribution in [1.29, 1.82) is 0 Å². The van der Waals surface area contributed by atoms with Gasteiger partial charge >= 0.3 is 5.97 Å². The average Bonchev–Trinajstić information content (AvgIpc) is 3.04. The molecule has 0 aromatic heterocycles. The van der Waals surface area contributed by atoms with Crippen LogP contribution in [0, 0.1) is 11.3 Å². The molecular formula is C16H18N2O4. The van der Waals surface area contributed by atoms with Crippen LogP contribution < -0.4 is 5.73 Å². The minimum absolute atomic E-state index is 0.0215. The van der Waals surface area contributed by atoms with Gasteiger partial charge in [0, 0.05) is 24.2 Å². The number of rotatable bonds is 3. The van der Waals surface area contributed by atoms with Crippen molar-refractivity contribution in [2.24, 2.45) is 17.1 Å². The van der Waals surface area contributed by atoms with Crippen LogP contribution in [0.4, 0.5) is 0 Å². The summed E-state index contributed by atoms with van der Waals surface area (Å²) >= 11 is 0. The maximum atomic E-state index is 12.6. The van der Waals surface area contributed by atoms with Gasteiger partial charge < -0.3 is 15.7 Å². The van der Waals surface area contributed by atoms with E-state index in [2.05, 4.69) is 0 Å². The van der Waals surface area contributed by atoms with Gasteiger partial charge in [0.05, 0.1) is 5.41 Å². The molecule has 2 aliphatic rings. The lowest BCUT2D eigenvalue weighted by molar-refractivity contribution is -0.149.